The molecule has 0 aliphatic carbocycles. The lowest BCUT2D eigenvalue weighted by molar-refractivity contribution is 0.753. The molecule has 0 aliphatic heterocycles. The van der Waals surface area contributed by atoms with Crippen LogP contribution in [0, 0.1) is 0 Å². The van der Waals surface area contributed by atoms with E-state index >= 15 is 0 Å². The summed E-state index contributed by atoms with van der Waals surface area (Å²) < 4.78 is 1.80. The topological polar surface area (TPSA) is 56.7 Å². The van der Waals surface area contributed by atoms with Gasteiger partial charge in [0.05, 0.1) is 10.6 Å². The largest absolute Gasteiger partial charge is 0.390 e. The number of hydrogen-bond acceptors (Lipinski definition) is 4. The molecule has 2 aromatic rings. The van der Waals surface area contributed by atoms with E-state index in [2.05, 4.69) is 23.1 Å². The molecule has 0 spiro atoms. The first-order chi connectivity index (χ1) is 7.65. The number of nitrogen functional groups attached to an aromatic ring is 1. The predicted octanol–water partition coefficient (Wildman–Crippen LogP) is 2.25. The van der Waals surface area contributed by atoms with Crippen LogP contribution < -0.4 is 5.73 Å². The van der Waals surface area contributed by atoms with Gasteiger partial charge in [-0.25, -0.2) is 9.67 Å². The first kappa shape index (κ1) is 11.1. The van der Waals surface area contributed by atoms with Gasteiger partial charge in [-0.05, 0) is 12.5 Å². The molecule has 0 unspecified atom stereocenters. The van der Waals surface area contributed by atoms with Crippen molar-refractivity contribution in [3.63, 3.8) is 0 Å². The molecule has 0 amide bonds. The molecule has 2 aromatic heterocycles. The third-order valence-electron chi connectivity index (χ3n) is 2.52. The molecule has 86 valence electrons. The van der Waals surface area contributed by atoms with Crippen molar-refractivity contribution in [3.05, 3.63) is 16.8 Å². The number of aromatic nitrogens is 3. The van der Waals surface area contributed by atoms with Gasteiger partial charge in [0, 0.05) is 18.3 Å². The average molecular weight is 236 g/mol. The van der Waals surface area contributed by atoms with Gasteiger partial charge in [0.15, 0.2) is 11.6 Å². The first-order valence-electron chi connectivity index (χ1n) is 5.44. The second kappa shape index (κ2) is 4.25. The molecular weight excluding hydrogens is 220 g/mol. The quantitative estimate of drug-likeness (QED) is 0.889. The highest BCUT2D eigenvalue weighted by Gasteiger charge is 2.14. The van der Waals surface area contributed by atoms with E-state index in [0.717, 1.165) is 35.1 Å². The third kappa shape index (κ3) is 1.82. The normalized spacial score (nSPS) is 10.9. The first-order valence-corrected chi connectivity index (χ1v) is 6.25. The van der Waals surface area contributed by atoms with Crippen LogP contribution in [0.4, 0.5) is 5.00 Å². The van der Waals surface area contributed by atoms with E-state index in [-0.39, 0.29) is 0 Å². The molecule has 0 aliphatic rings. The Morgan fingerprint density at radius 1 is 1.38 bits per heavy atom. The van der Waals surface area contributed by atoms with Crippen LogP contribution in [-0.4, -0.2) is 14.8 Å². The molecular formula is C11H16N4S. The van der Waals surface area contributed by atoms with Crippen molar-refractivity contribution in [2.24, 2.45) is 7.05 Å². The van der Waals surface area contributed by atoms with E-state index in [1.54, 1.807) is 16.0 Å². The number of nitrogens with zero attached hydrogens (tertiary/aromatic N) is 3. The molecule has 0 bridgehead atoms. The molecule has 2 N–H and O–H groups in total. The Morgan fingerprint density at radius 2 is 2.12 bits per heavy atom. The maximum absolute atomic E-state index is 6.01. The summed E-state index contributed by atoms with van der Waals surface area (Å²) in [6, 6.07) is 2.11. The second-order valence-corrected chi connectivity index (χ2v) is 4.84. The van der Waals surface area contributed by atoms with Crippen molar-refractivity contribution in [1.82, 2.24) is 14.8 Å². The minimum Gasteiger partial charge on any atom is -0.390 e. The second-order valence-electron chi connectivity index (χ2n) is 3.67. The van der Waals surface area contributed by atoms with Crippen LogP contribution in [0.5, 0.6) is 0 Å². The van der Waals surface area contributed by atoms with Crippen LogP contribution in [-0.2, 0) is 19.9 Å². The lowest BCUT2D eigenvalue weighted by Gasteiger charge is -1.97. The van der Waals surface area contributed by atoms with E-state index in [1.807, 2.05) is 14.0 Å². The molecule has 0 aromatic carbocycles. The molecule has 16 heavy (non-hydrogen) atoms. The van der Waals surface area contributed by atoms with Gasteiger partial charge in [-0.15, -0.1) is 11.3 Å². The van der Waals surface area contributed by atoms with Crippen LogP contribution in [0.2, 0.25) is 0 Å². The van der Waals surface area contributed by atoms with Crippen LogP contribution in [0.25, 0.3) is 11.4 Å². The van der Waals surface area contributed by atoms with E-state index in [4.69, 9.17) is 5.73 Å². The number of hydrogen-bond donors (Lipinski definition) is 1. The van der Waals surface area contributed by atoms with Crippen molar-refractivity contribution in [2.45, 2.75) is 26.7 Å². The van der Waals surface area contributed by atoms with Gasteiger partial charge in [0.2, 0.25) is 0 Å². The van der Waals surface area contributed by atoms with Gasteiger partial charge in [-0.1, -0.05) is 13.8 Å². The predicted molar refractivity (Wildman–Crippen MR) is 67.5 cm³/mol. The minimum atomic E-state index is 0.829. The number of nitrogens with two attached hydrogens (primary N) is 1. The fourth-order valence-electron chi connectivity index (χ4n) is 1.63. The molecule has 4 nitrogen and oxygen atoms in total. The maximum Gasteiger partial charge on any atom is 0.161 e. The Bertz CT molecular complexity index is 452. The summed E-state index contributed by atoms with van der Waals surface area (Å²) in [4.78, 5) is 5.77. The fourth-order valence-corrected chi connectivity index (χ4v) is 2.49. The van der Waals surface area contributed by atoms with E-state index < -0.39 is 0 Å². The van der Waals surface area contributed by atoms with E-state index in [0.29, 0.717) is 0 Å². The Morgan fingerprint density at radius 3 is 2.62 bits per heavy atom. The Labute approximate surface area is 99.1 Å². The average Bonchev–Trinajstić information content (AvgIpc) is 2.81. The number of rotatable bonds is 3. The summed E-state index contributed by atoms with van der Waals surface area (Å²) in [7, 11) is 1.91. The van der Waals surface area contributed by atoms with Crippen molar-refractivity contribution in [1.29, 1.82) is 0 Å². The maximum atomic E-state index is 6.01. The fraction of sp³-hybridized carbons (Fsp3) is 0.455. The molecule has 2 heterocycles. The molecule has 0 radical (unpaired) electrons. The van der Waals surface area contributed by atoms with Gasteiger partial charge in [0.1, 0.15) is 0 Å². The summed E-state index contributed by atoms with van der Waals surface area (Å²) in [6.45, 7) is 4.18. The van der Waals surface area contributed by atoms with Gasteiger partial charge in [-0.3, -0.25) is 0 Å². The number of thiophene rings is 1. The standard InChI is InChI=1S/C11H16N4S/c1-4-7-6-8(10(12)16-7)11-13-9(5-2)14-15(11)3/h6H,4-5,12H2,1-3H3. The van der Waals surface area contributed by atoms with E-state index in [1.165, 1.54) is 4.88 Å². The Hall–Kier alpha value is -1.36. The zero-order valence-electron chi connectivity index (χ0n) is 9.82. The summed E-state index contributed by atoms with van der Waals surface area (Å²) in [5.41, 5.74) is 7.02. The highest BCUT2D eigenvalue weighted by Crippen LogP contribution is 2.32. The summed E-state index contributed by atoms with van der Waals surface area (Å²) in [5.74, 6) is 1.73. The van der Waals surface area contributed by atoms with Gasteiger partial charge in [0.25, 0.3) is 0 Å². The number of aryl methyl sites for hydroxylation is 3. The van der Waals surface area contributed by atoms with Crippen LogP contribution in [0.15, 0.2) is 6.07 Å². The van der Waals surface area contributed by atoms with Gasteiger partial charge >= 0.3 is 0 Å². The number of anilines is 1. The van der Waals surface area contributed by atoms with Crippen molar-refractivity contribution < 1.29 is 0 Å². The highest BCUT2D eigenvalue weighted by atomic mass is 32.1. The smallest absolute Gasteiger partial charge is 0.161 e. The van der Waals surface area contributed by atoms with Crippen LogP contribution >= 0.6 is 11.3 Å². The van der Waals surface area contributed by atoms with Crippen molar-refractivity contribution in [2.75, 3.05) is 5.73 Å². The lowest BCUT2D eigenvalue weighted by atomic mass is 10.2. The SMILES string of the molecule is CCc1nc(-c2cc(CC)sc2N)n(C)n1. The monoisotopic (exact) mass is 236 g/mol. The zero-order valence-corrected chi connectivity index (χ0v) is 10.6. The molecule has 5 heteroatoms. The Kier molecular flexibility index (Phi) is 2.96. The molecule has 0 saturated heterocycles. The van der Waals surface area contributed by atoms with Crippen molar-refractivity contribution >= 4 is 16.3 Å². The van der Waals surface area contributed by atoms with Crippen LogP contribution in [0.3, 0.4) is 0 Å². The van der Waals surface area contributed by atoms with Gasteiger partial charge in [-0.2, -0.15) is 5.10 Å². The summed E-state index contributed by atoms with van der Waals surface area (Å²) in [6.07, 6.45) is 1.85. The highest BCUT2D eigenvalue weighted by molar-refractivity contribution is 7.16. The van der Waals surface area contributed by atoms with Crippen LogP contribution in [0.1, 0.15) is 24.5 Å². The summed E-state index contributed by atoms with van der Waals surface area (Å²) in [5, 5.41) is 5.17. The van der Waals surface area contributed by atoms with Gasteiger partial charge < -0.3 is 5.73 Å². The lowest BCUT2D eigenvalue weighted by Crippen LogP contribution is -1.95. The van der Waals surface area contributed by atoms with E-state index in [9.17, 15) is 0 Å². The molecule has 0 atom stereocenters. The molecule has 0 fully saturated rings. The molecule has 2 rings (SSSR count). The Balaban J connectivity index is 2.48. The summed E-state index contributed by atoms with van der Waals surface area (Å²) >= 11 is 1.63. The van der Waals surface area contributed by atoms with Crippen molar-refractivity contribution in [3.8, 4) is 11.4 Å². The zero-order chi connectivity index (χ0) is 11.7. The third-order valence-corrected chi connectivity index (χ3v) is 3.63. The molecule has 0 saturated carbocycles. The minimum absolute atomic E-state index is 0.829.